The summed E-state index contributed by atoms with van der Waals surface area (Å²) in [6.45, 7) is 0. The molecule has 1 aromatic heterocycles. The third-order valence-electron chi connectivity index (χ3n) is 3.71. The van der Waals surface area contributed by atoms with E-state index in [1.807, 2.05) is 0 Å². The Bertz CT molecular complexity index is 2070. The summed E-state index contributed by atoms with van der Waals surface area (Å²) in [6, 6.07) is -8.72. The predicted molar refractivity (Wildman–Crippen MR) is 119 cm³/mol. The fourth-order valence-corrected chi connectivity index (χ4v) is 2.59. The Morgan fingerprint density at radius 2 is 1.17 bits per heavy atom. The minimum Gasteiger partial charge on any atom is -0.208 e. The Hall–Kier alpha value is -3.56. The Labute approximate surface area is 194 Å². The lowest BCUT2D eigenvalue weighted by Gasteiger charge is -2.09. The third-order valence-corrected chi connectivity index (χ3v) is 3.91. The summed E-state index contributed by atoms with van der Waals surface area (Å²) in [5.41, 5.74) is -1.39. The van der Waals surface area contributed by atoms with Crippen molar-refractivity contribution in [3.63, 3.8) is 0 Å². The van der Waals surface area contributed by atoms with Gasteiger partial charge in [-0.25, -0.2) is 15.0 Å². The molecule has 1 heterocycles. The number of rotatable bonds is 3. The van der Waals surface area contributed by atoms with Crippen LogP contribution in [0.2, 0.25) is 5.02 Å². The Balaban J connectivity index is 1.99. The molecule has 3 nitrogen and oxygen atoms in total. The van der Waals surface area contributed by atoms with Crippen LogP contribution in [0.15, 0.2) is 96.7 Å². The van der Waals surface area contributed by atoms with Crippen LogP contribution in [0.25, 0.3) is 44.9 Å². The van der Waals surface area contributed by atoms with Crippen LogP contribution in [0.4, 0.5) is 0 Å². The summed E-state index contributed by atoms with van der Waals surface area (Å²) in [5, 5.41) is -1.18. The summed E-state index contributed by atoms with van der Waals surface area (Å²) >= 11 is 6.11. The van der Waals surface area contributed by atoms with Crippen molar-refractivity contribution in [3.05, 3.63) is 102 Å². The van der Waals surface area contributed by atoms with Gasteiger partial charge in [0.05, 0.1) is 20.6 Å². The molecule has 4 aromatic carbocycles. The number of aromatic nitrogens is 3. The minimum absolute atomic E-state index is 0.352. The number of fused-ring (bicyclic) bond motifs is 1. The van der Waals surface area contributed by atoms with Crippen molar-refractivity contribution in [1.82, 2.24) is 15.0 Å². The van der Waals surface area contributed by atoms with Crippen LogP contribution in [-0.2, 0) is 0 Å². The van der Waals surface area contributed by atoms with E-state index in [0.717, 1.165) is 6.07 Å². The van der Waals surface area contributed by atoms with E-state index in [9.17, 15) is 0 Å². The van der Waals surface area contributed by atoms with Crippen LogP contribution in [0, 0.1) is 0 Å². The normalized spacial score (nSPS) is 18.2. The first-order chi connectivity index (χ1) is 20.5. The Kier molecular flexibility index (Phi) is 1.98. The molecule has 0 N–H and O–H groups in total. The molecule has 0 aliphatic rings. The van der Waals surface area contributed by atoms with Crippen molar-refractivity contribution in [3.8, 4) is 34.2 Å². The highest BCUT2D eigenvalue weighted by Crippen LogP contribution is 2.27. The zero-order chi connectivity index (χ0) is 32.7. The van der Waals surface area contributed by atoms with Crippen LogP contribution in [0.5, 0.6) is 0 Å². The van der Waals surface area contributed by atoms with E-state index < -0.39 is 124 Å². The van der Waals surface area contributed by atoms with E-state index in [4.69, 9.17) is 32.2 Å². The second kappa shape index (κ2) is 7.46. The van der Waals surface area contributed by atoms with Crippen LogP contribution in [-0.4, -0.2) is 15.0 Å². The zero-order valence-corrected chi connectivity index (χ0v) is 15.1. The molecule has 0 unspecified atom stereocenters. The van der Waals surface area contributed by atoms with Gasteiger partial charge < -0.3 is 0 Å². The SMILES string of the molecule is [2H]c1cc([2H])c(-c2nc(-c3c([2H])c([2H])c([2H])c([2H])c3[2H])nc(-c3c([2H])c([2H])c4c([2H])c([2H])c([2H])c([2H])c4c3[2H])n2)c([2H])c1Cl. The van der Waals surface area contributed by atoms with Crippen molar-refractivity contribution in [2.24, 2.45) is 0 Å². The smallest absolute Gasteiger partial charge is 0.164 e. The first-order valence-electron chi connectivity index (χ1n) is 15.6. The quantitative estimate of drug-likeness (QED) is 0.334. The van der Waals surface area contributed by atoms with Gasteiger partial charge in [0.15, 0.2) is 17.5 Å². The summed E-state index contributed by atoms with van der Waals surface area (Å²) in [4.78, 5) is 12.6. The maximum absolute atomic E-state index is 8.87. The lowest BCUT2D eigenvalue weighted by atomic mass is 10.1. The van der Waals surface area contributed by atoms with Gasteiger partial charge in [-0.05, 0) is 28.9 Å². The molecule has 0 spiro atoms. The Morgan fingerprint density at radius 3 is 1.93 bits per heavy atom. The lowest BCUT2D eigenvalue weighted by Crippen LogP contribution is -2.00. The number of hydrogen-bond acceptors (Lipinski definition) is 3. The molecule has 0 aliphatic heterocycles. The minimum atomic E-state index is -0.731. The summed E-state index contributed by atoms with van der Waals surface area (Å²) < 4.78 is 124. The van der Waals surface area contributed by atoms with Crippen LogP contribution >= 0.6 is 11.6 Å². The molecule has 0 amide bonds. The van der Waals surface area contributed by atoms with E-state index >= 15 is 0 Å². The second-order valence-corrected chi connectivity index (χ2v) is 5.93. The van der Waals surface area contributed by atoms with Crippen LogP contribution < -0.4 is 0 Å². The van der Waals surface area contributed by atoms with Gasteiger partial charge in [-0.1, -0.05) is 90.2 Å². The molecule has 4 heteroatoms. The summed E-state index contributed by atoms with van der Waals surface area (Å²) in [6.07, 6.45) is 0. The molecule has 0 fully saturated rings. The van der Waals surface area contributed by atoms with E-state index in [0.29, 0.717) is 0 Å². The fraction of sp³-hybridized carbons (Fsp3) is 0. The fourth-order valence-electron chi connectivity index (χ4n) is 2.44. The average Bonchev–Trinajstić information content (AvgIpc) is 2.97. The van der Waals surface area contributed by atoms with Crippen molar-refractivity contribution in [1.29, 1.82) is 0 Å². The number of hydrogen-bond donors (Lipinski definition) is 0. The maximum Gasteiger partial charge on any atom is 0.164 e. The van der Waals surface area contributed by atoms with E-state index in [-0.39, 0.29) is 16.6 Å². The average molecular weight is 409 g/mol. The molecule has 0 atom stereocenters. The molecule has 138 valence electrons. The Morgan fingerprint density at radius 1 is 0.552 bits per heavy atom. The summed E-state index contributed by atoms with van der Waals surface area (Å²) in [7, 11) is 0. The molecule has 5 aromatic rings. The van der Waals surface area contributed by atoms with Crippen molar-refractivity contribution in [2.75, 3.05) is 0 Å². The third kappa shape index (κ3) is 3.60. The number of benzene rings is 4. The molecule has 0 aliphatic carbocycles. The summed E-state index contributed by atoms with van der Waals surface area (Å²) in [5.74, 6) is -1.67. The van der Waals surface area contributed by atoms with Crippen molar-refractivity contribution in [2.45, 2.75) is 0 Å². The van der Waals surface area contributed by atoms with Gasteiger partial charge in [-0.15, -0.1) is 0 Å². The van der Waals surface area contributed by atoms with E-state index in [1.165, 1.54) is 0 Å². The first kappa shape index (κ1) is 7.69. The lowest BCUT2D eigenvalue weighted by molar-refractivity contribution is 1.07. The number of nitrogens with zero attached hydrogens (tertiary/aromatic N) is 3. The van der Waals surface area contributed by atoms with Crippen molar-refractivity contribution >= 4 is 22.4 Å². The highest BCUT2D eigenvalue weighted by Gasteiger charge is 2.12. The van der Waals surface area contributed by atoms with Gasteiger partial charge in [-0.2, -0.15) is 0 Å². The van der Waals surface area contributed by atoms with Gasteiger partial charge in [-0.3, -0.25) is 0 Å². The molecule has 0 saturated heterocycles. The number of halogens is 1. The van der Waals surface area contributed by atoms with Crippen molar-refractivity contribution < 1.29 is 20.6 Å². The molecule has 0 radical (unpaired) electrons. The zero-order valence-electron chi connectivity index (χ0n) is 29.3. The van der Waals surface area contributed by atoms with Crippen LogP contribution in [0.3, 0.4) is 0 Å². The topological polar surface area (TPSA) is 38.7 Å². The molecule has 0 bridgehead atoms. The van der Waals surface area contributed by atoms with E-state index in [1.54, 1.807) is 0 Å². The second-order valence-electron chi connectivity index (χ2n) is 5.55. The molecule has 29 heavy (non-hydrogen) atoms. The monoisotopic (exact) mass is 408 g/mol. The highest BCUT2D eigenvalue weighted by molar-refractivity contribution is 6.30. The molecule has 5 rings (SSSR count). The molecular weight excluding hydrogens is 378 g/mol. The molecule has 0 saturated carbocycles. The van der Waals surface area contributed by atoms with Gasteiger partial charge in [0.1, 0.15) is 0 Å². The van der Waals surface area contributed by atoms with Gasteiger partial charge in [0.2, 0.25) is 0 Å². The largest absolute Gasteiger partial charge is 0.208 e. The van der Waals surface area contributed by atoms with Gasteiger partial charge >= 0.3 is 0 Å². The standard InChI is InChI=1S/C25H16ClN3/c26-22-12-6-11-20(16-22)24-27-23(18-8-2-1-3-9-18)28-25(29-24)21-14-13-17-7-4-5-10-19(17)15-21/h1-16H/i1D,2D,3D,4D,5D,7D,8D,9D,10D,11D,12D,13D,14D,15D,16D. The van der Waals surface area contributed by atoms with E-state index in [2.05, 4.69) is 15.0 Å². The van der Waals surface area contributed by atoms with Gasteiger partial charge in [0, 0.05) is 21.7 Å². The molecular formula is C25H16ClN3. The van der Waals surface area contributed by atoms with Gasteiger partial charge in [0.25, 0.3) is 0 Å². The van der Waals surface area contributed by atoms with Crippen LogP contribution in [0.1, 0.15) is 20.6 Å². The maximum atomic E-state index is 8.87. The highest BCUT2D eigenvalue weighted by atomic mass is 35.5. The predicted octanol–water partition coefficient (Wildman–Crippen LogP) is 6.68. The first-order valence-corrected chi connectivity index (χ1v) is 8.49.